The first-order valence-corrected chi connectivity index (χ1v) is 10.5. The van der Waals surface area contributed by atoms with Gasteiger partial charge in [-0.05, 0) is 67.3 Å². The van der Waals surface area contributed by atoms with Gasteiger partial charge in [0.25, 0.3) is 11.5 Å². The molecule has 0 saturated heterocycles. The highest BCUT2D eigenvalue weighted by molar-refractivity contribution is 6.07. The number of benzene rings is 3. The van der Waals surface area contributed by atoms with Crippen molar-refractivity contribution >= 4 is 22.5 Å². The summed E-state index contributed by atoms with van der Waals surface area (Å²) in [6.07, 6.45) is 0.943. The van der Waals surface area contributed by atoms with E-state index in [-0.39, 0.29) is 11.5 Å². The molecule has 154 valence electrons. The molecule has 5 rings (SSSR count). The van der Waals surface area contributed by atoms with E-state index in [1.165, 1.54) is 5.56 Å². The Labute approximate surface area is 180 Å². The summed E-state index contributed by atoms with van der Waals surface area (Å²) in [5.74, 6) is 1.03. The fourth-order valence-electron chi connectivity index (χ4n) is 4.42. The molecule has 31 heavy (non-hydrogen) atoms. The fourth-order valence-corrected chi connectivity index (χ4v) is 4.42. The van der Waals surface area contributed by atoms with Gasteiger partial charge in [0.15, 0.2) is 0 Å². The van der Waals surface area contributed by atoms with E-state index >= 15 is 0 Å². The number of carbonyl (C=O) groups excluding carboxylic acids is 1. The van der Waals surface area contributed by atoms with E-state index in [1.54, 1.807) is 22.8 Å². The molecule has 1 aliphatic heterocycles. The van der Waals surface area contributed by atoms with Crippen molar-refractivity contribution in [2.75, 3.05) is 11.4 Å². The lowest BCUT2D eigenvalue weighted by atomic mass is 9.91. The number of rotatable bonds is 2. The highest BCUT2D eigenvalue weighted by Crippen LogP contribution is 2.35. The Bertz CT molecular complexity index is 1360. The van der Waals surface area contributed by atoms with Crippen molar-refractivity contribution < 1.29 is 4.79 Å². The number of aromatic nitrogens is 2. The monoisotopic (exact) mass is 409 g/mol. The smallest absolute Gasteiger partial charge is 0.265 e. The summed E-state index contributed by atoms with van der Waals surface area (Å²) in [4.78, 5) is 32.7. The number of hydrogen-bond donors (Lipinski definition) is 0. The van der Waals surface area contributed by atoms with E-state index in [0.29, 0.717) is 40.4 Å². The van der Waals surface area contributed by atoms with Gasteiger partial charge in [0.1, 0.15) is 5.82 Å². The second-order valence-corrected chi connectivity index (χ2v) is 8.07. The maximum atomic E-state index is 13.3. The van der Waals surface area contributed by atoms with Crippen LogP contribution in [0.1, 0.15) is 41.0 Å². The summed E-state index contributed by atoms with van der Waals surface area (Å²) in [5, 5.41) is 0.576. The average Bonchev–Trinajstić information content (AvgIpc) is 2.80. The molecule has 0 N–H and O–H groups in total. The van der Waals surface area contributed by atoms with Gasteiger partial charge in [0, 0.05) is 17.8 Å². The molecule has 1 unspecified atom stereocenters. The number of aryl methyl sites for hydroxylation is 1. The Morgan fingerprint density at radius 2 is 1.68 bits per heavy atom. The van der Waals surface area contributed by atoms with E-state index in [9.17, 15) is 9.59 Å². The van der Waals surface area contributed by atoms with Gasteiger partial charge in [-0.15, -0.1) is 0 Å². The van der Waals surface area contributed by atoms with Crippen LogP contribution in [0.25, 0.3) is 16.6 Å². The fraction of sp³-hybridized carbons (Fsp3) is 0.192. The molecule has 1 aromatic heterocycles. The molecule has 1 aliphatic rings. The Hall–Kier alpha value is -3.73. The third kappa shape index (κ3) is 3.22. The summed E-state index contributed by atoms with van der Waals surface area (Å²) in [5.41, 5.74) is 4.08. The first kappa shape index (κ1) is 19.2. The van der Waals surface area contributed by atoms with Gasteiger partial charge in [-0.2, -0.15) is 0 Å². The Balaban J connectivity index is 1.51. The van der Waals surface area contributed by atoms with Gasteiger partial charge in [-0.25, -0.2) is 4.98 Å². The van der Waals surface area contributed by atoms with Crippen molar-refractivity contribution in [2.45, 2.75) is 26.2 Å². The molecule has 0 bridgehead atoms. The summed E-state index contributed by atoms with van der Waals surface area (Å²) >= 11 is 0. The highest BCUT2D eigenvalue weighted by atomic mass is 16.2. The minimum Gasteiger partial charge on any atom is -0.308 e. The van der Waals surface area contributed by atoms with Gasteiger partial charge in [0.05, 0.1) is 16.6 Å². The lowest BCUT2D eigenvalue weighted by Crippen LogP contribution is -2.36. The quantitative estimate of drug-likeness (QED) is 0.476. The van der Waals surface area contributed by atoms with Gasteiger partial charge in [-0.3, -0.25) is 14.2 Å². The van der Waals surface area contributed by atoms with Crippen LogP contribution in [0.2, 0.25) is 0 Å². The molecule has 0 spiro atoms. The van der Waals surface area contributed by atoms with E-state index in [4.69, 9.17) is 0 Å². The number of carbonyl (C=O) groups is 1. The van der Waals surface area contributed by atoms with Crippen LogP contribution < -0.4 is 10.5 Å². The van der Waals surface area contributed by atoms with E-state index in [2.05, 4.69) is 18.0 Å². The van der Waals surface area contributed by atoms with Crippen molar-refractivity contribution in [3.63, 3.8) is 0 Å². The van der Waals surface area contributed by atoms with Crippen molar-refractivity contribution in [2.24, 2.45) is 0 Å². The normalized spacial score (nSPS) is 15.7. The van der Waals surface area contributed by atoms with Gasteiger partial charge in [0.2, 0.25) is 0 Å². The number of amides is 1. The molecule has 0 radical (unpaired) electrons. The van der Waals surface area contributed by atoms with Crippen LogP contribution in [0.3, 0.4) is 0 Å². The third-order valence-corrected chi connectivity index (χ3v) is 6.11. The van der Waals surface area contributed by atoms with E-state index in [0.717, 1.165) is 12.1 Å². The van der Waals surface area contributed by atoms with E-state index in [1.807, 2.05) is 60.4 Å². The number of nitrogens with zero attached hydrogens (tertiary/aromatic N) is 3. The minimum atomic E-state index is -0.110. The molecular formula is C26H23N3O2. The topological polar surface area (TPSA) is 55.2 Å². The first-order chi connectivity index (χ1) is 15.0. The lowest BCUT2D eigenvalue weighted by Gasteiger charge is -2.33. The van der Waals surface area contributed by atoms with Crippen molar-refractivity contribution in [1.82, 2.24) is 9.55 Å². The number of hydrogen-bond acceptors (Lipinski definition) is 3. The Morgan fingerprint density at radius 3 is 2.48 bits per heavy atom. The Kier molecular flexibility index (Phi) is 4.66. The van der Waals surface area contributed by atoms with Crippen LogP contribution in [0.4, 0.5) is 5.69 Å². The molecular weight excluding hydrogens is 386 g/mol. The van der Waals surface area contributed by atoms with Crippen LogP contribution in [-0.4, -0.2) is 22.0 Å². The molecule has 1 atom stereocenters. The predicted octanol–water partition coefficient (Wildman–Crippen LogP) is 4.85. The maximum absolute atomic E-state index is 13.3. The predicted molar refractivity (Wildman–Crippen MR) is 123 cm³/mol. The maximum Gasteiger partial charge on any atom is 0.265 e. The zero-order valence-electron chi connectivity index (χ0n) is 17.6. The van der Waals surface area contributed by atoms with Crippen LogP contribution in [0.5, 0.6) is 0 Å². The van der Waals surface area contributed by atoms with Gasteiger partial charge in [-0.1, -0.05) is 37.3 Å². The average molecular weight is 409 g/mol. The van der Waals surface area contributed by atoms with Crippen LogP contribution in [-0.2, 0) is 0 Å². The van der Waals surface area contributed by atoms with Crippen molar-refractivity contribution in [3.05, 3.63) is 100 Å². The van der Waals surface area contributed by atoms with Gasteiger partial charge >= 0.3 is 0 Å². The van der Waals surface area contributed by atoms with Crippen LogP contribution in [0, 0.1) is 6.92 Å². The second kappa shape index (κ2) is 7.51. The molecule has 2 heterocycles. The van der Waals surface area contributed by atoms with E-state index < -0.39 is 0 Å². The van der Waals surface area contributed by atoms with Crippen LogP contribution in [0.15, 0.2) is 77.6 Å². The molecule has 5 heteroatoms. The van der Waals surface area contributed by atoms with Crippen molar-refractivity contribution in [3.8, 4) is 5.69 Å². The molecule has 0 aliphatic carbocycles. The summed E-state index contributed by atoms with van der Waals surface area (Å²) in [7, 11) is 0. The summed E-state index contributed by atoms with van der Waals surface area (Å²) in [6, 6.07) is 22.7. The third-order valence-electron chi connectivity index (χ3n) is 6.11. The molecule has 5 nitrogen and oxygen atoms in total. The first-order valence-electron chi connectivity index (χ1n) is 10.5. The zero-order chi connectivity index (χ0) is 21.5. The minimum absolute atomic E-state index is 0.0217. The molecule has 0 fully saturated rings. The standard InChI is InChI=1S/C26H23N3O2/c1-17-15-16-28(24-10-6-4-7-21(17)24)25(30)19-11-13-20(14-12-19)29-18(2)27-23-9-5-3-8-22(23)26(29)31/h3-14,17H,15-16H2,1-2H3. The number of anilines is 1. The summed E-state index contributed by atoms with van der Waals surface area (Å²) in [6.45, 7) is 4.72. The van der Waals surface area contributed by atoms with Gasteiger partial charge < -0.3 is 4.90 Å². The second-order valence-electron chi connectivity index (χ2n) is 8.07. The van der Waals surface area contributed by atoms with Crippen LogP contribution >= 0.6 is 0 Å². The van der Waals surface area contributed by atoms with Crippen molar-refractivity contribution in [1.29, 1.82) is 0 Å². The molecule has 1 amide bonds. The lowest BCUT2D eigenvalue weighted by molar-refractivity contribution is 0.0984. The molecule has 4 aromatic rings. The summed E-state index contributed by atoms with van der Waals surface area (Å²) < 4.78 is 1.59. The zero-order valence-corrected chi connectivity index (χ0v) is 17.6. The largest absolute Gasteiger partial charge is 0.308 e. The SMILES string of the molecule is Cc1nc2ccccc2c(=O)n1-c1ccc(C(=O)N2CCC(C)c3ccccc32)cc1. The number of para-hydroxylation sites is 2. The number of fused-ring (bicyclic) bond motifs is 2. The Morgan fingerprint density at radius 1 is 0.968 bits per heavy atom. The highest BCUT2D eigenvalue weighted by Gasteiger charge is 2.26. The molecule has 0 saturated carbocycles. The molecule has 3 aromatic carbocycles.